The summed E-state index contributed by atoms with van der Waals surface area (Å²) >= 11 is 1.77. The molecule has 0 bridgehead atoms. The molecule has 0 N–H and O–H groups in total. The molecule has 4 rings (SSSR count). The maximum Gasteiger partial charge on any atom is 0.0351 e. The molecule has 3 heterocycles. The van der Waals surface area contributed by atoms with Crippen molar-refractivity contribution in [1.29, 1.82) is 0 Å². The van der Waals surface area contributed by atoms with Gasteiger partial charge in [0.1, 0.15) is 0 Å². The normalized spacial score (nSPS) is 26.6. The highest BCUT2D eigenvalue weighted by molar-refractivity contribution is 7.08. The summed E-state index contributed by atoms with van der Waals surface area (Å²) in [6.07, 6.45) is 6.99. The van der Waals surface area contributed by atoms with Gasteiger partial charge in [-0.1, -0.05) is 30.7 Å². The number of thiophene rings is 1. The molecule has 0 radical (unpaired) electrons. The predicted molar refractivity (Wildman–Crippen MR) is 86.1 cm³/mol. The molecule has 1 nitrogen and oxygen atoms in total. The zero-order chi connectivity index (χ0) is 13.4. The van der Waals surface area contributed by atoms with Crippen molar-refractivity contribution in [3.63, 3.8) is 0 Å². The molecule has 2 aromatic rings. The highest BCUT2D eigenvalue weighted by Crippen LogP contribution is 2.40. The minimum atomic E-state index is 0.678. The molecule has 0 aliphatic carbocycles. The van der Waals surface area contributed by atoms with Gasteiger partial charge in [0, 0.05) is 12.1 Å². The lowest BCUT2D eigenvalue weighted by molar-refractivity contribution is 0.150. The molecule has 2 heteroatoms. The van der Waals surface area contributed by atoms with Gasteiger partial charge in [0.15, 0.2) is 0 Å². The molecule has 2 atom stereocenters. The second kappa shape index (κ2) is 5.34. The van der Waals surface area contributed by atoms with Gasteiger partial charge in [0.05, 0.1) is 0 Å². The lowest BCUT2D eigenvalue weighted by Gasteiger charge is -2.34. The van der Waals surface area contributed by atoms with Gasteiger partial charge in [-0.25, -0.2) is 0 Å². The van der Waals surface area contributed by atoms with Crippen molar-refractivity contribution in [3.05, 3.63) is 46.7 Å². The van der Waals surface area contributed by atoms with Gasteiger partial charge in [-0.2, -0.15) is 11.3 Å². The van der Waals surface area contributed by atoms with Crippen molar-refractivity contribution in [2.75, 3.05) is 6.54 Å². The fraction of sp³-hybridized carbons (Fsp3) is 0.444. The average Bonchev–Trinajstić information content (AvgIpc) is 3.17. The molecule has 0 amide bonds. The molecule has 104 valence electrons. The van der Waals surface area contributed by atoms with E-state index in [-0.39, 0.29) is 0 Å². The lowest BCUT2D eigenvalue weighted by Crippen LogP contribution is -2.35. The summed E-state index contributed by atoms with van der Waals surface area (Å²) < 4.78 is 0. The van der Waals surface area contributed by atoms with Gasteiger partial charge in [0.25, 0.3) is 0 Å². The predicted octanol–water partition coefficient (Wildman–Crippen LogP) is 5.10. The van der Waals surface area contributed by atoms with Crippen molar-refractivity contribution in [3.8, 4) is 11.1 Å². The van der Waals surface area contributed by atoms with Gasteiger partial charge in [-0.3, -0.25) is 4.90 Å². The number of hydrogen-bond acceptors (Lipinski definition) is 2. The third-order valence-electron chi connectivity index (χ3n) is 5.00. The van der Waals surface area contributed by atoms with E-state index in [2.05, 4.69) is 46.0 Å². The van der Waals surface area contributed by atoms with E-state index in [0.29, 0.717) is 6.04 Å². The minimum Gasteiger partial charge on any atom is -0.293 e. The van der Waals surface area contributed by atoms with Gasteiger partial charge < -0.3 is 0 Å². The first-order chi connectivity index (χ1) is 9.92. The molecular weight excluding hydrogens is 262 g/mol. The molecule has 2 aliphatic heterocycles. The van der Waals surface area contributed by atoms with Crippen LogP contribution in [-0.2, 0) is 0 Å². The quantitative estimate of drug-likeness (QED) is 0.740. The van der Waals surface area contributed by atoms with Crippen molar-refractivity contribution in [2.24, 2.45) is 0 Å². The van der Waals surface area contributed by atoms with Crippen LogP contribution in [0.5, 0.6) is 0 Å². The van der Waals surface area contributed by atoms with Crippen LogP contribution in [0, 0.1) is 0 Å². The minimum absolute atomic E-state index is 0.678. The second-order valence-corrected chi connectivity index (χ2v) is 6.89. The molecule has 2 saturated heterocycles. The fourth-order valence-corrected chi connectivity index (χ4v) is 4.61. The summed E-state index contributed by atoms with van der Waals surface area (Å²) in [4.78, 5) is 2.77. The monoisotopic (exact) mass is 283 g/mol. The molecule has 20 heavy (non-hydrogen) atoms. The van der Waals surface area contributed by atoms with Gasteiger partial charge in [-0.05, 0) is 65.7 Å². The van der Waals surface area contributed by atoms with Crippen LogP contribution in [0.3, 0.4) is 0 Å². The zero-order valence-corrected chi connectivity index (χ0v) is 12.6. The Morgan fingerprint density at radius 2 is 1.80 bits per heavy atom. The number of fused-ring (bicyclic) bond motifs is 1. The summed E-state index contributed by atoms with van der Waals surface area (Å²) in [6.45, 7) is 1.31. The Balaban J connectivity index is 1.57. The maximum atomic E-state index is 2.77. The van der Waals surface area contributed by atoms with E-state index in [4.69, 9.17) is 0 Å². The van der Waals surface area contributed by atoms with E-state index in [1.807, 2.05) is 0 Å². The van der Waals surface area contributed by atoms with Crippen molar-refractivity contribution in [1.82, 2.24) is 4.90 Å². The molecule has 0 spiro atoms. The highest BCUT2D eigenvalue weighted by atomic mass is 32.1. The zero-order valence-electron chi connectivity index (χ0n) is 11.8. The number of piperidine rings is 1. The Labute approximate surface area is 125 Å². The molecule has 1 aromatic carbocycles. The average molecular weight is 283 g/mol. The SMILES string of the molecule is c1cc(-c2ccc(C3CCC4CCCCN43)cc2)cs1. The van der Waals surface area contributed by atoms with Gasteiger partial charge in [-0.15, -0.1) is 0 Å². The number of benzene rings is 1. The molecule has 2 aliphatic rings. The van der Waals surface area contributed by atoms with Gasteiger partial charge >= 0.3 is 0 Å². The standard InChI is InChI=1S/C18H21NS/c1-2-11-19-17(3-1)8-9-18(19)15-6-4-14(5-7-15)16-10-12-20-13-16/h4-7,10,12-13,17-18H,1-3,8-9,11H2. The molecule has 2 fully saturated rings. The van der Waals surface area contributed by atoms with Crippen molar-refractivity contribution >= 4 is 11.3 Å². The van der Waals surface area contributed by atoms with Crippen LogP contribution < -0.4 is 0 Å². The summed E-state index contributed by atoms with van der Waals surface area (Å²) in [5.74, 6) is 0. The van der Waals surface area contributed by atoms with E-state index >= 15 is 0 Å². The summed E-state index contributed by atoms with van der Waals surface area (Å²) in [5.41, 5.74) is 4.22. The molecule has 2 unspecified atom stereocenters. The summed E-state index contributed by atoms with van der Waals surface area (Å²) in [7, 11) is 0. The third kappa shape index (κ3) is 2.21. The second-order valence-electron chi connectivity index (χ2n) is 6.11. The van der Waals surface area contributed by atoms with Crippen molar-refractivity contribution < 1.29 is 0 Å². The molecule has 0 saturated carbocycles. The number of nitrogens with zero attached hydrogens (tertiary/aromatic N) is 1. The van der Waals surface area contributed by atoms with E-state index in [9.17, 15) is 0 Å². The van der Waals surface area contributed by atoms with E-state index in [0.717, 1.165) is 6.04 Å². The third-order valence-corrected chi connectivity index (χ3v) is 5.68. The largest absolute Gasteiger partial charge is 0.293 e. The lowest BCUT2D eigenvalue weighted by atomic mass is 10.0. The van der Waals surface area contributed by atoms with Crippen molar-refractivity contribution in [2.45, 2.75) is 44.2 Å². The first kappa shape index (κ1) is 12.6. The number of rotatable bonds is 2. The van der Waals surface area contributed by atoms with Crippen LogP contribution in [0.25, 0.3) is 11.1 Å². The van der Waals surface area contributed by atoms with Crippen LogP contribution in [0.2, 0.25) is 0 Å². The maximum absolute atomic E-state index is 2.77. The summed E-state index contributed by atoms with van der Waals surface area (Å²) in [6, 6.07) is 13.1. The Kier molecular flexibility index (Phi) is 3.37. The Bertz CT molecular complexity index is 558. The van der Waals surface area contributed by atoms with Crippen LogP contribution in [0.1, 0.15) is 43.7 Å². The van der Waals surface area contributed by atoms with E-state index in [1.165, 1.54) is 55.3 Å². The number of hydrogen-bond donors (Lipinski definition) is 0. The Morgan fingerprint density at radius 3 is 2.60 bits per heavy atom. The molecule has 1 aromatic heterocycles. The van der Waals surface area contributed by atoms with Gasteiger partial charge in [0.2, 0.25) is 0 Å². The first-order valence-electron chi connectivity index (χ1n) is 7.80. The van der Waals surface area contributed by atoms with E-state index in [1.54, 1.807) is 11.3 Å². The molecular formula is C18H21NS. The van der Waals surface area contributed by atoms with Crippen LogP contribution >= 0.6 is 11.3 Å². The Morgan fingerprint density at radius 1 is 0.900 bits per heavy atom. The van der Waals surface area contributed by atoms with E-state index < -0.39 is 0 Å². The summed E-state index contributed by atoms with van der Waals surface area (Å²) in [5, 5.41) is 4.38. The van der Waals surface area contributed by atoms with Crippen LogP contribution in [-0.4, -0.2) is 17.5 Å². The highest BCUT2D eigenvalue weighted by Gasteiger charge is 2.35. The smallest absolute Gasteiger partial charge is 0.0351 e. The Hall–Kier alpha value is -1.12. The van der Waals surface area contributed by atoms with Crippen LogP contribution in [0.4, 0.5) is 0 Å². The topological polar surface area (TPSA) is 3.24 Å². The fourth-order valence-electron chi connectivity index (χ4n) is 3.94. The first-order valence-corrected chi connectivity index (χ1v) is 8.74. The van der Waals surface area contributed by atoms with Crippen LogP contribution in [0.15, 0.2) is 41.1 Å².